The van der Waals surface area contributed by atoms with Gasteiger partial charge in [-0.3, -0.25) is 9.78 Å². The number of hydrogen-bond acceptors (Lipinski definition) is 3. The van der Waals surface area contributed by atoms with Crippen LogP contribution in [0.4, 0.5) is 14.5 Å². The van der Waals surface area contributed by atoms with Gasteiger partial charge in [0.25, 0.3) is 5.91 Å². The highest BCUT2D eigenvalue weighted by Gasteiger charge is 2.15. The van der Waals surface area contributed by atoms with Gasteiger partial charge >= 0.3 is 5.97 Å². The first-order chi connectivity index (χ1) is 9.49. The number of aromatic carboxylic acids is 1. The van der Waals surface area contributed by atoms with Crippen molar-refractivity contribution in [2.45, 2.75) is 0 Å². The standard InChI is InChI=1S/C13H8F2N2O3/c14-10-3-1-2-9(11(10)15)12(18)17-8-4-7(13(19)20)5-16-6-8/h1-6H,(H,17,18)(H,19,20). The van der Waals surface area contributed by atoms with Crippen molar-refractivity contribution in [1.82, 2.24) is 4.98 Å². The molecule has 0 saturated heterocycles. The fourth-order valence-electron chi connectivity index (χ4n) is 1.50. The minimum Gasteiger partial charge on any atom is -0.478 e. The van der Waals surface area contributed by atoms with Gasteiger partial charge in [-0.15, -0.1) is 0 Å². The second-order valence-corrected chi connectivity index (χ2v) is 3.82. The molecule has 0 unspecified atom stereocenters. The lowest BCUT2D eigenvalue weighted by Gasteiger charge is -2.06. The maximum atomic E-state index is 13.4. The van der Waals surface area contributed by atoms with Crippen LogP contribution in [-0.2, 0) is 0 Å². The van der Waals surface area contributed by atoms with E-state index in [1.165, 1.54) is 12.3 Å². The molecule has 0 spiro atoms. The molecule has 7 heteroatoms. The molecule has 0 radical (unpaired) electrons. The van der Waals surface area contributed by atoms with Crippen LogP contribution in [0.1, 0.15) is 20.7 Å². The molecular weight excluding hydrogens is 270 g/mol. The van der Waals surface area contributed by atoms with Gasteiger partial charge in [0.1, 0.15) is 0 Å². The third-order valence-electron chi connectivity index (χ3n) is 2.44. The van der Waals surface area contributed by atoms with Crippen molar-refractivity contribution in [3.8, 4) is 0 Å². The summed E-state index contributed by atoms with van der Waals surface area (Å²) in [6.07, 6.45) is 2.29. The van der Waals surface area contributed by atoms with Crippen LogP contribution in [0, 0.1) is 11.6 Å². The van der Waals surface area contributed by atoms with E-state index in [1.807, 2.05) is 0 Å². The van der Waals surface area contributed by atoms with Crippen molar-refractivity contribution in [1.29, 1.82) is 0 Å². The van der Waals surface area contributed by atoms with E-state index in [0.717, 1.165) is 24.4 Å². The Kier molecular flexibility index (Phi) is 3.69. The molecule has 1 aromatic carbocycles. The maximum Gasteiger partial charge on any atom is 0.337 e. The van der Waals surface area contributed by atoms with E-state index in [0.29, 0.717) is 0 Å². The summed E-state index contributed by atoms with van der Waals surface area (Å²) in [4.78, 5) is 26.1. The zero-order valence-electron chi connectivity index (χ0n) is 9.93. The van der Waals surface area contributed by atoms with Crippen LogP contribution in [-0.4, -0.2) is 22.0 Å². The topological polar surface area (TPSA) is 79.3 Å². The summed E-state index contributed by atoms with van der Waals surface area (Å²) in [6.45, 7) is 0. The summed E-state index contributed by atoms with van der Waals surface area (Å²) in [5.41, 5.74) is -0.549. The molecule has 102 valence electrons. The molecule has 0 aliphatic rings. The zero-order chi connectivity index (χ0) is 14.7. The molecule has 0 saturated carbocycles. The largest absolute Gasteiger partial charge is 0.478 e. The number of carbonyl (C=O) groups is 2. The number of amides is 1. The van der Waals surface area contributed by atoms with E-state index in [9.17, 15) is 18.4 Å². The molecule has 0 fully saturated rings. The summed E-state index contributed by atoms with van der Waals surface area (Å²) in [7, 11) is 0. The minimum atomic E-state index is -1.27. The zero-order valence-corrected chi connectivity index (χ0v) is 9.93. The molecule has 0 aliphatic heterocycles. The molecule has 5 nitrogen and oxygen atoms in total. The molecule has 2 N–H and O–H groups in total. The maximum absolute atomic E-state index is 13.4. The number of halogens is 2. The Bertz CT molecular complexity index is 689. The SMILES string of the molecule is O=C(O)c1cncc(NC(=O)c2cccc(F)c2F)c1. The lowest BCUT2D eigenvalue weighted by molar-refractivity contribution is 0.0696. The molecule has 2 aromatic rings. The Morgan fingerprint density at radius 3 is 2.65 bits per heavy atom. The van der Waals surface area contributed by atoms with E-state index in [4.69, 9.17) is 5.11 Å². The fourth-order valence-corrected chi connectivity index (χ4v) is 1.50. The van der Waals surface area contributed by atoms with Crippen molar-refractivity contribution in [3.05, 3.63) is 59.4 Å². The van der Waals surface area contributed by atoms with Gasteiger partial charge in [0, 0.05) is 6.20 Å². The number of nitrogens with one attached hydrogen (secondary N) is 1. The minimum absolute atomic E-state index is 0.0681. The van der Waals surface area contributed by atoms with Crippen LogP contribution in [0.3, 0.4) is 0 Å². The number of aromatic nitrogens is 1. The summed E-state index contributed by atoms with van der Waals surface area (Å²) in [5, 5.41) is 11.0. The number of pyridine rings is 1. The lowest BCUT2D eigenvalue weighted by Crippen LogP contribution is -2.15. The summed E-state index contributed by atoms with van der Waals surface area (Å²) < 4.78 is 26.4. The first-order valence-corrected chi connectivity index (χ1v) is 5.42. The second-order valence-electron chi connectivity index (χ2n) is 3.82. The Hall–Kier alpha value is -2.83. The first-order valence-electron chi connectivity index (χ1n) is 5.42. The van der Waals surface area contributed by atoms with Crippen LogP contribution in [0.15, 0.2) is 36.7 Å². The Morgan fingerprint density at radius 2 is 1.95 bits per heavy atom. The number of carboxylic acid groups (broad SMARTS) is 1. The molecule has 1 heterocycles. The number of nitrogens with zero attached hydrogens (tertiary/aromatic N) is 1. The van der Waals surface area contributed by atoms with Gasteiger partial charge in [-0.2, -0.15) is 0 Å². The van der Waals surface area contributed by atoms with Gasteiger partial charge in [-0.25, -0.2) is 13.6 Å². The highest BCUT2D eigenvalue weighted by Crippen LogP contribution is 2.14. The van der Waals surface area contributed by atoms with E-state index in [2.05, 4.69) is 10.3 Å². The average Bonchev–Trinajstić information content (AvgIpc) is 2.42. The van der Waals surface area contributed by atoms with Gasteiger partial charge in [-0.05, 0) is 18.2 Å². The quantitative estimate of drug-likeness (QED) is 0.903. The fraction of sp³-hybridized carbons (Fsp3) is 0. The molecular formula is C13H8F2N2O3. The molecule has 0 atom stereocenters. The predicted octanol–water partition coefficient (Wildman–Crippen LogP) is 2.31. The summed E-state index contributed by atoms with van der Waals surface area (Å²) in [5.74, 6) is -4.53. The highest BCUT2D eigenvalue weighted by molar-refractivity contribution is 6.04. The van der Waals surface area contributed by atoms with Crippen LogP contribution in [0.5, 0.6) is 0 Å². The number of anilines is 1. The second kappa shape index (κ2) is 5.43. The van der Waals surface area contributed by atoms with Crippen LogP contribution < -0.4 is 5.32 Å². The molecule has 0 aliphatic carbocycles. The van der Waals surface area contributed by atoms with E-state index >= 15 is 0 Å². The first kappa shape index (κ1) is 13.6. The van der Waals surface area contributed by atoms with Crippen LogP contribution in [0.25, 0.3) is 0 Å². The van der Waals surface area contributed by atoms with Crippen molar-refractivity contribution in [2.75, 3.05) is 5.32 Å². The Morgan fingerprint density at radius 1 is 1.20 bits per heavy atom. The average molecular weight is 278 g/mol. The summed E-state index contributed by atoms with van der Waals surface area (Å²) >= 11 is 0. The van der Waals surface area contributed by atoms with Crippen molar-refractivity contribution < 1.29 is 23.5 Å². The Balaban J connectivity index is 2.26. The van der Waals surface area contributed by atoms with Crippen molar-refractivity contribution in [3.63, 3.8) is 0 Å². The molecule has 0 bridgehead atoms. The van der Waals surface area contributed by atoms with E-state index in [-0.39, 0.29) is 11.3 Å². The van der Waals surface area contributed by atoms with Gasteiger partial charge in [0.2, 0.25) is 0 Å². The van der Waals surface area contributed by atoms with Gasteiger partial charge in [-0.1, -0.05) is 6.07 Å². The number of benzene rings is 1. The normalized spacial score (nSPS) is 10.1. The third-order valence-corrected chi connectivity index (χ3v) is 2.44. The lowest BCUT2D eigenvalue weighted by atomic mass is 10.2. The van der Waals surface area contributed by atoms with E-state index < -0.39 is 29.1 Å². The van der Waals surface area contributed by atoms with Crippen molar-refractivity contribution in [2.24, 2.45) is 0 Å². The van der Waals surface area contributed by atoms with Crippen molar-refractivity contribution >= 4 is 17.6 Å². The summed E-state index contributed by atoms with van der Waals surface area (Å²) in [6, 6.07) is 4.35. The highest BCUT2D eigenvalue weighted by atomic mass is 19.2. The number of carboxylic acids is 1. The van der Waals surface area contributed by atoms with Crippen LogP contribution in [0.2, 0.25) is 0 Å². The Labute approximate surface area is 111 Å². The van der Waals surface area contributed by atoms with Gasteiger partial charge in [0.15, 0.2) is 11.6 Å². The smallest absolute Gasteiger partial charge is 0.337 e. The number of carbonyl (C=O) groups excluding carboxylic acids is 1. The van der Waals surface area contributed by atoms with Gasteiger partial charge < -0.3 is 10.4 Å². The molecule has 2 rings (SSSR count). The third kappa shape index (κ3) is 2.77. The predicted molar refractivity (Wildman–Crippen MR) is 65.5 cm³/mol. The molecule has 20 heavy (non-hydrogen) atoms. The monoisotopic (exact) mass is 278 g/mol. The molecule has 1 aromatic heterocycles. The number of hydrogen-bond donors (Lipinski definition) is 2. The molecule has 1 amide bonds. The van der Waals surface area contributed by atoms with Crippen LogP contribution >= 0.6 is 0 Å². The number of rotatable bonds is 3. The van der Waals surface area contributed by atoms with Gasteiger partial charge in [0.05, 0.1) is 23.0 Å². The van der Waals surface area contributed by atoms with E-state index in [1.54, 1.807) is 0 Å².